The van der Waals surface area contributed by atoms with Gasteiger partial charge in [-0.1, -0.05) is 0 Å². The van der Waals surface area contributed by atoms with Gasteiger partial charge >= 0.3 is 234 Å². The Balaban J connectivity index is 1.93. The van der Waals surface area contributed by atoms with Crippen LogP contribution in [-0.4, -0.2) is 26.7 Å². The van der Waals surface area contributed by atoms with Crippen LogP contribution < -0.4 is 15.9 Å². The van der Waals surface area contributed by atoms with Crippen molar-refractivity contribution in [2.24, 2.45) is 0 Å². The van der Waals surface area contributed by atoms with Gasteiger partial charge in [0, 0.05) is 0 Å². The monoisotopic (exact) mass is 618 g/mol. The van der Waals surface area contributed by atoms with Crippen molar-refractivity contribution < 1.29 is 9.47 Å². The Morgan fingerprint density at radius 3 is 1.33 bits per heavy atom. The summed E-state index contributed by atoms with van der Waals surface area (Å²) in [5.41, 5.74) is 4.21. The standard InChI is InChI=1S/C32H44IO2P/c1-26-18-11-14-21-29(26)36(33,30-22-15-12-19-27(30)2,31-23-16-13-20-28(31)3)25-17-9-7-6-8-10-24-32(34-4)35-5/h11-16,18-23,32H,6-10,17,24-25H2,1-5H3. The Kier molecular flexibility index (Phi) is 11.0. The van der Waals surface area contributed by atoms with Crippen LogP contribution in [0.25, 0.3) is 0 Å². The van der Waals surface area contributed by atoms with E-state index in [1.54, 1.807) is 14.2 Å². The van der Waals surface area contributed by atoms with Crippen LogP contribution in [0, 0.1) is 20.8 Å². The van der Waals surface area contributed by atoms with Crippen molar-refractivity contribution in [2.45, 2.75) is 72.0 Å². The van der Waals surface area contributed by atoms with Gasteiger partial charge < -0.3 is 0 Å². The topological polar surface area (TPSA) is 18.5 Å². The van der Waals surface area contributed by atoms with Crippen LogP contribution in [0.4, 0.5) is 0 Å². The first-order chi connectivity index (χ1) is 17.4. The molecule has 4 heteroatoms. The Morgan fingerprint density at radius 1 is 0.583 bits per heavy atom. The summed E-state index contributed by atoms with van der Waals surface area (Å²) in [6.45, 7) is 6.91. The van der Waals surface area contributed by atoms with Gasteiger partial charge in [0.2, 0.25) is 0 Å². The molecule has 0 saturated carbocycles. The molecule has 36 heavy (non-hydrogen) atoms. The summed E-state index contributed by atoms with van der Waals surface area (Å²) in [6, 6.07) is 27.4. The fourth-order valence-electron chi connectivity index (χ4n) is 5.77. The van der Waals surface area contributed by atoms with E-state index in [2.05, 4.69) is 116 Å². The molecule has 2 nitrogen and oxygen atoms in total. The summed E-state index contributed by atoms with van der Waals surface area (Å²) in [5, 5.41) is 4.62. The Labute approximate surface area is 232 Å². The van der Waals surface area contributed by atoms with Crippen molar-refractivity contribution in [3.63, 3.8) is 0 Å². The summed E-state index contributed by atoms with van der Waals surface area (Å²) in [7, 11) is 3.45. The fraction of sp³-hybridized carbons (Fsp3) is 0.438. The van der Waals surface area contributed by atoms with Gasteiger partial charge in [0.15, 0.2) is 0 Å². The Bertz CT molecular complexity index is 995. The van der Waals surface area contributed by atoms with Gasteiger partial charge in [0.25, 0.3) is 0 Å². The number of methoxy groups -OCH3 is 2. The number of unbranched alkanes of at least 4 members (excludes halogenated alkanes) is 5. The van der Waals surface area contributed by atoms with Gasteiger partial charge in [-0.25, -0.2) is 0 Å². The van der Waals surface area contributed by atoms with Crippen LogP contribution in [0.15, 0.2) is 72.8 Å². The minimum absolute atomic E-state index is 0.0625. The second-order valence-electron chi connectivity index (χ2n) is 10.1. The number of rotatable bonds is 14. The van der Waals surface area contributed by atoms with Crippen molar-refractivity contribution in [2.75, 3.05) is 20.4 Å². The zero-order valence-corrected chi connectivity index (χ0v) is 25.9. The molecule has 0 unspecified atom stereocenters. The Morgan fingerprint density at radius 2 is 0.944 bits per heavy atom. The molecule has 0 radical (unpaired) electrons. The van der Waals surface area contributed by atoms with Gasteiger partial charge in [-0.15, -0.1) is 0 Å². The number of ether oxygens (including phenoxy) is 2. The molecular formula is C32H44IO2P. The third kappa shape index (κ3) is 6.23. The summed E-state index contributed by atoms with van der Waals surface area (Å²) in [4.78, 5) is 0. The predicted molar refractivity (Wildman–Crippen MR) is 168 cm³/mol. The van der Waals surface area contributed by atoms with Gasteiger partial charge in [0.05, 0.1) is 0 Å². The first-order valence-electron chi connectivity index (χ1n) is 13.3. The van der Waals surface area contributed by atoms with Gasteiger partial charge in [-0.2, -0.15) is 0 Å². The van der Waals surface area contributed by atoms with E-state index in [0.717, 1.165) is 12.8 Å². The number of hydrogen-bond donors (Lipinski definition) is 0. The zero-order valence-electron chi connectivity index (χ0n) is 22.8. The third-order valence-electron chi connectivity index (χ3n) is 7.65. The SMILES string of the molecule is COC(CCCCCCCCP(I)(c1ccccc1C)(c1ccccc1C)c1ccccc1C)OC. The Hall–Kier alpha value is -1.26. The van der Waals surface area contributed by atoms with E-state index in [1.165, 1.54) is 70.9 Å². The maximum atomic E-state index is 5.33. The van der Waals surface area contributed by atoms with Crippen molar-refractivity contribution in [1.29, 1.82) is 0 Å². The second kappa shape index (κ2) is 13.5. The quantitative estimate of drug-likeness (QED) is 0.0786. The molecule has 196 valence electrons. The second-order valence-corrected chi connectivity index (χ2v) is 20.7. The van der Waals surface area contributed by atoms with Crippen LogP contribution in [-0.2, 0) is 9.47 Å². The molecule has 0 aliphatic rings. The van der Waals surface area contributed by atoms with E-state index in [4.69, 9.17) is 9.47 Å². The molecular weight excluding hydrogens is 574 g/mol. The molecule has 0 atom stereocenters. The molecule has 0 aliphatic heterocycles. The van der Waals surface area contributed by atoms with Crippen LogP contribution in [0.3, 0.4) is 0 Å². The molecule has 0 fully saturated rings. The van der Waals surface area contributed by atoms with Crippen molar-refractivity contribution >= 4 is 42.2 Å². The van der Waals surface area contributed by atoms with E-state index < -0.39 is 4.25 Å². The maximum absolute atomic E-state index is 5.33. The normalized spacial score (nSPS) is 13.0. The van der Waals surface area contributed by atoms with Crippen LogP contribution in [0.1, 0.15) is 61.6 Å². The third-order valence-corrected chi connectivity index (χ3v) is 19.4. The van der Waals surface area contributed by atoms with Crippen molar-refractivity contribution in [3.8, 4) is 0 Å². The van der Waals surface area contributed by atoms with E-state index >= 15 is 0 Å². The van der Waals surface area contributed by atoms with E-state index in [-0.39, 0.29) is 6.29 Å². The predicted octanol–water partition coefficient (Wildman–Crippen LogP) is 8.14. The fourth-order valence-corrected chi connectivity index (χ4v) is 17.6. The summed E-state index contributed by atoms with van der Waals surface area (Å²) in [6.07, 6.45) is 9.57. The summed E-state index contributed by atoms with van der Waals surface area (Å²) in [5.74, 6) is 0. The molecule has 3 rings (SSSR count). The van der Waals surface area contributed by atoms with E-state index in [9.17, 15) is 0 Å². The minimum atomic E-state index is -2.74. The van der Waals surface area contributed by atoms with Gasteiger partial charge in [0.1, 0.15) is 0 Å². The van der Waals surface area contributed by atoms with Crippen LogP contribution in [0.2, 0.25) is 0 Å². The molecule has 0 heterocycles. The summed E-state index contributed by atoms with van der Waals surface area (Å²) < 4.78 is 7.92. The average molecular weight is 619 g/mol. The molecule has 3 aromatic rings. The molecule has 0 aliphatic carbocycles. The first-order valence-corrected chi connectivity index (χ1v) is 18.5. The van der Waals surface area contributed by atoms with Crippen molar-refractivity contribution in [1.82, 2.24) is 0 Å². The molecule has 0 bridgehead atoms. The van der Waals surface area contributed by atoms with Crippen molar-refractivity contribution in [3.05, 3.63) is 89.5 Å². The average Bonchev–Trinajstić information content (AvgIpc) is 2.88. The van der Waals surface area contributed by atoms with Crippen LogP contribution in [0.5, 0.6) is 0 Å². The molecule has 0 amide bonds. The molecule has 3 aromatic carbocycles. The molecule has 0 N–H and O–H groups in total. The number of aryl methyl sites for hydroxylation is 3. The molecule has 0 saturated heterocycles. The van der Waals surface area contributed by atoms with Crippen LogP contribution >= 0.6 is 26.3 Å². The number of halogens is 1. The van der Waals surface area contributed by atoms with E-state index in [1.807, 2.05) is 0 Å². The number of benzene rings is 3. The molecule has 0 aromatic heterocycles. The van der Waals surface area contributed by atoms with Gasteiger partial charge in [-0.3, -0.25) is 0 Å². The number of hydrogen-bond acceptors (Lipinski definition) is 2. The first kappa shape index (κ1) is 29.3. The van der Waals surface area contributed by atoms with Gasteiger partial charge in [-0.05, 0) is 0 Å². The summed E-state index contributed by atoms with van der Waals surface area (Å²) >= 11 is 2.98. The molecule has 0 spiro atoms. The van der Waals surface area contributed by atoms with E-state index in [0.29, 0.717) is 0 Å². The zero-order chi connectivity index (χ0) is 26.0.